The van der Waals surface area contributed by atoms with Gasteiger partial charge in [-0.1, -0.05) is 0 Å². The molecular formula is C15H11F6NO2S. The van der Waals surface area contributed by atoms with E-state index >= 15 is 0 Å². The lowest BCUT2D eigenvalue weighted by molar-refractivity contribution is -0.143. The van der Waals surface area contributed by atoms with E-state index in [2.05, 4.69) is 5.32 Å². The summed E-state index contributed by atoms with van der Waals surface area (Å²) in [6.45, 7) is 0. The standard InChI is InChI=1S/C15H11F6NO2S/c16-14(17,18)9-4-10(15(19,20)21)6-11(5-9)22-13(23)8-25-7-12-2-1-3-24-12/h1-6H,7-8H2,(H,22,23). The molecule has 0 atom stereocenters. The molecule has 0 aliphatic heterocycles. The highest BCUT2D eigenvalue weighted by atomic mass is 32.2. The van der Waals surface area contributed by atoms with Gasteiger partial charge in [-0.2, -0.15) is 26.3 Å². The van der Waals surface area contributed by atoms with Crippen molar-refractivity contribution in [3.63, 3.8) is 0 Å². The fourth-order valence-electron chi connectivity index (χ4n) is 1.86. The summed E-state index contributed by atoms with van der Waals surface area (Å²) in [5.41, 5.74) is -3.53. The topological polar surface area (TPSA) is 42.2 Å². The lowest BCUT2D eigenvalue weighted by Gasteiger charge is -2.14. The number of hydrogen-bond donors (Lipinski definition) is 1. The van der Waals surface area contributed by atoms with Crippen molar-refractivity contribution in [2.75, 3.05) is 11.1 Å². The molecule has 1 aromatic carbocycles. The van der Waals surface area contributed by atoms with Gasteiger partial charge in [0.1, 0.15) is 5.76 Å². The van der Waals surface area contributed by atoms with E-state index in [-0.39, 0.29) is 11.8 Å². The first-order valence-electron chi connectivity index (χ1n) is 6.75. The molecule has 0 aliphatic carbocycles. The van der Waals surface area contributed by atoms with Crippen molar-refractivity contribution in [3.05, 3.63) is 53.5 Å². The van der Waals surface area contributed by atoms with Gasteiger partial charge in [0.25, 0.3) is 0 Å². The second kappa shape index (κ2) is 7.42. The molecule has 2 aromatic rings. The maximum atomic E-state index is 12.7. The van der Waals surface area contributed by atoms with Crippen LogP contribution >= 0.6 is 11.8 Å². The molecule has 0 unspecified atom stereocenters. The molecule has 136 valence electrons. The first kappa shape index (κ1) is 19.2. The van der Waals surface area contributed by atoms with Crippen LogP contribution in [-0.4, -0.2) is 11.7 Å². The average molecular weight is 383 g/mol. The first-order valence-corrected chi connectivity index (χ1v) is 7.90. The molecule has 0 radical (unpaired) electrons. The number of halogens is 6. The van der Waals surface area contributed by atoms with Gasteiger partial charge in [0.2, 0.25) is 5.91 Å². The number of nitrogens with one attached hydrogen (secondary N) is 1. The molecule has 10 heteroatoms. The van der Waals surface area contributed by atoms with Crippen molar-refractivity contribution < 1.29 is 35.6 Å². The molecule has 0 bridgehead atoms. The summed E-state index contributed by atoms with van der Waals surface area (Å²) < 4.78 is 81.5. The molecule has 0 saturated heterocycles. The molecule has 3 nitrogen and oxygen atoms in total. The molecular weight excluding hydrogens is 372 g/mol. The Balaban J connectivity index is 2.08. The maximum Gasteiger partial charge on any atom is 0.416 e. The van der Waals surface area contributed by atoms with Crippen LogP contribution < -0.4 is 5.32 Å². The largest absolute Gasteiger partial charge is 0.468 e. The van der Waals surface area contributed by atoms with Crippen molar-refractivity contribution >= 4 is 23.4 Å². The van der Waals surface area contributed by atoms with E-state index in [4.69, 9.17) is 4.42 Å². The Kier molecular flexibility index (Phi) is 5.71. The normalized spacial score (nSPS) is 12.2. The SMILES string of the molecule is O=C(CSCc1ccco1)Nc1cc(C(F)(F)F)cc(C(F)(F)F)c1. The van der Waals surface area contributed by atoms with Crippen molar-refractivity contribution in [1.29, 1.82) is 0 Å². The van der Waals surface area contributed by atoms with Gasteiger partial charge in [0.15, 0.2) is 0 Å². The van der Waals surface area contributed by atoms with Crippen molar-refractivity contribution in [2.24, 2.45) is 0 Å². The van der Waals surface area contributed by atoms with Gasteiger partial charge in [-0.15, -0.1) is 11.8 Å². The fraction of sp³-hybridized carbons (Fsp3) is 0.267. The second-order valence-electron chi connectivity index (χ2n) is 4.91. The van der Waals surface area contributed by atoms with E-state index in [0.717, 1.165) is 11.8 Å². The zero-order valence-electron chi connectivity index (χ0n) is 12.4. The first-order chi connectivity index (χ1) is 11.6. The molecule has 0 saturated carbocycles. The van der Waals surface area contributed by atoms with E-state index in [0.29, 0.717) is 23.6 Å². The van der Waals surface area contributed by atoms with E-state index < -0.39 is 35.1 Å². The third kappa shape index (κ3) is 5.73. The third-order valence-corrected chi connectivity index (χ3v) is 3.88. The highest BCUT2D eigenvalue weighted by molar-refractivity contribution is 7.99. The van der Waals surface area contributed by atoms with E-state index in [9.17, 15) is 31.1 Å². The summed E-state index contributed by atoms with van der Waals surface area (Å²) in [5, 5.41) is 2.06. The van der Waals surface area contributed by atoms with Crippen LogP contribution in [0.4, 0.5) is 32.0 Å². The average Bonchev–Trinajstić information content (AvgIpc) is 2.98. The maximum absolute atomic E-state index is 12.7. The number of benzene rings is 1. The summed E-state index contributed by atoms with van der Waals surface area (Å²) >= 11 is 1.11. The van der Waals surface area contributed by atoms with Gasteiger partial charge in [0, 0.05) is 5.69 Å². The van der Waals surface area contributed by atoms with Crippen LogP contribution in [-0.2, 0) is 22.9 Å². The van der Waals surface area contributed by atoms with Crippen LogP contribution in [0.5, 0.6) is 0 Å². The summed E-state index contributed by atoms with van der Waals surface area (Å²) in [5.74, 6) is 0.0648. The minimum absolute atomic E-state index is 0.00130. The molecule has 0 spiro atoms. The van der Waals surface area contributed by atoms with Gasteiger partial charge in [-0.3, -0.25) is 4.79 Å². The smallest absolute Gasteiger partial charge is 0.416 e. The van der Waals surface area contributed by atoms with Gasteiger partial charge in [-0.05, 0) is 30.3 Å². The molecule has 0 fully saturated rings. The monoisotopic (exact) mass is 383 g/mol. The number of thioether (sulfide) groups is 1. The number of amides is 1. The Morgan fingerprint density at radius 3 is 2.12 bits per heavy atom. The van der Waals surface area contributed by atoms with Gasteiger partial charge in [-0.25, -0.2) is 0 Å². The highest BCUT2D eigenvalue weighted by Gasteiger charge is 2.37. The number of hydrogen-bond acceptors (Lipinski definition) is 3. The molecule has 1 amide bonds. The number of carbonyl (C=O) groups excluding carboxylic acids is 1. The van der Waals surface area contributed by atoms with Gasteiger partial charge >= 0.3 is 12.4 Å². The summed E-state index contributed by atoms with van der Waals surface area (Å²) in [4.78, 5) is 11.7. The molecule has 1 N–H and O–H groups in total. The predicted octanol–water partition coefficient (Wildman–Crippen LogP) is 5.19. The molecule has 2 rings (SSSR count). The lowest BCUT2D eigenvalue weighted by Crippen LogP contribution is -2.17. The van der Waals surface area contributed by atoms with Gasteiger partial charge in [0.05, 0.1) is 28.9 Å². The minimum atomic E-state index is -4.96. The number of furan rings is 1. The van der Waals surface area contributed by atoms with Crippen molar-refractivity contribution in [1.82, 2.24) is 0 Å². The third-order valence-electron chi connectivity index (χ3n) is 2.93. The number of carbonyl (C=O) groups is 1. The molecule has 1 heterocycles. The quantitative estimate of drug-likeness (QED) is 0.723. The minimum Gasteiger partial charge on any atom is -0.468 e. The number of anilines is 1. The number of rotatable bonds is 5. The Morgan fingerprint density at radius 1 is 1.04 bits per heavy atom. The summed E-state index contributed by atoms with van der Waals surface area (Å²) in [6, 6.07) is 4.25. The van der Waals surface area contributed by atoms with Crippen molar-refractivity contribution in [2.45, 2.75) is 18.1 Å². The van der Waals surface area contributed by atoms with E-state index in [1.54, 1.807) is 12.1 Å². The zero-order valence-corrected chi connectivity index (χ0v) is 13.2. The Morgan fingerprint density at radius 2 is 1.64 bits per heavy atom. The van der Waals surface area contributed by atoms with E-state index in [1.807, 2.05) is 0 Å². The number of alkyl halides is 6. The van der Waals surface area contributed by atoms with Crippen LogP contribution in [0.2, 0.25) is 0 Å². The van der Waals surface area contributed by atoms with Crippen LogP contribution in [0, 0.1) is 0 Å². The Labute approximate surface area is 142 Å². The Hall–Kier alpha value is -2.10. The summed E-state index contributed by atoms with van der Waals surface area (Å²) in [7, 11) is 0. The van der Waals surface area contributed by atoms with Crippen LogP contribution in [0.15, 0.2) is 41.0 Å². The molecule has 25 heavy (non-hydrogen) atoms. The second-order valence-corrected chi connectivity index (χ2v) is 5.90. The van der Waals surface area contributed by atoms with Crippen LogP contribution in [0.3, 0.4) is 0 Å². The van der Waals surface area contributed by atoms with Crippen LogP contribution in [0.1, 0.15) is 16.9 Å². The highest BCUT2D eigenvalue weighted by Crippen LogP contribution is 2.37. The molecule has 0 aliphatic rings. The van der Waals surface area contributed by atoms with E-state index in [1.165, 1.54) is 6.26 Å². The van der Waals surface area contributed by atoms with Crippen LogP contribution in [0.25, 0.3) is 0 Å². The molecule has 1 aromatic heterocycles. The predicted molar refractivity (Wildman–Crippen MR) is 79.9 cm³/mol. The Bertz CT molecular complexity index is 692. The fourth-order valence-corrected chi connectivity index (χ4v) is 2.59. The van der Waals surface area contributed by atoms with Gasteiger partial charge < -0.3 is 9.73 Å². The van der Waals surface area contributed by atoms with Crippen molar-refractivity contribution in [3.8, 4) is 0 Å². The zero-order chi connectivity index (χ0) is 18.7. The lowest BCUT2D eigenvalue weighted by atomic mass is 10.1. The summed E-state index contributed by atoms with van der Waals surface area (Å²) in [6.07, 6.45) is -8.49.